The molecule has 3 heterocycles. The lowest BCUT2D eigenvalue weighted by Crippen LogP contribution is -2.43. The van der Waals surface area contributed by atoms with Crippen LogP contribution in [0.25, 0.3) is 5.69 Å². The third-order valence-corrected chi connectivity index (χ3v) is 10.6. The molecule has 16 heteroatoms. The van der Waals surface area contributed by atoms with Crippen LogP contribution in [0.2, 0.25) is 10.0 Å². The molecule has 0 bridgehead atoms. The highest BCUT2D eigenvalue weighted by molar-refractivity contribution is 6.31. The number of ether oxygens (including phenoxy) is 2. The Bertz CT molecular complexity index is 2530. The number of fused-ring (bicyclic) bond motifs is 4. The number of hydrogen-bond acceptors (Lipinski definition) is 10. The Kier molecular flexibility index (Phi) is 12.7. The fourth-order valence-electron chi connectivity index (χ4n) is 7.21. The number of benzodiazepines with no additional fused rings is 1. The monoisotopic (exact) mass is 846 g/mol. The fraction of sp³-hybridized carbons (Fsp3) is 0.273. The number of aryl methyl sites for hydroxylation is 1. The number of aliphatic imine (C=N–C) groups is 3. The molecule has 0 radical (unpaired) electrons. The number of nitrogens with one attached hydrogen (secondary N) is 3. The number of nitrogens with zero attached hydrogens (tertiary/aromatic N) is 7. The van der Waals surface area contributed by atoms with E-state index in [1.165, 1.54) is 0 Å². The highest BCUT2D eigenvalue weighted by Crippen LogP contribution is 2.36. The van der Waals surface area contributed by atoms with Crippen molar-refractivity contribution < 1.29 is 19.1 Å². The number of aromatic nitrogens is 3. The number of carbonyl (C=O) groups is 2. The maximum atomic E-state index is 13.6. The van der Waals surface area contributed by atoms with Crippen LogP contribution < -0.4 is 25.0 Å². The number of anilines is 1. The van der Waals surface area contributed by atoms with Crippen molar-refractivity contribution in [3.63, 3.8) is 0 Å². The van der Waals surface area contributed by atoms with Crippen molar-refractivity contribution in [1.29, 1.82) is 5.41 Å². The van der Waals surface area contributed by atoms with E-state index in [-0.39, 0.29) is 43.6 Å². The largest absolute Gasteiger partial charge is 0.497 e. The summed E-state index contributed by atoms with van der Waals surface area (Å²) in [5, 5.41) is 25.1. The summed E-state index contributed by atoms with van der Waals surface area (Å²) in [6.07, 6.45) is -0.0218. The summed E-state index contributed by atoms with van der Waals surface area (Å²) in [4.78, 5) is 42.8. The van der Waals surface area contributed by atoms with Crippen LogP contribution in [0.4, 0.5) is 5.69 Å². The average Bonchev–Trinajstić information content (AvgIpc) is 3.51. The van der Waals surface area contributed by atoms with Crippen LogP contribution in [-0.4, -0.2) is 89.6 Å². The van der Waals surface area contributed by atoms with Crippen molar-refractivity contribution in [3.05, 3.63) is 129 Å². The van der Waals surface area contributed by atoms with Crippen molar-refractivity contribution >= 4 is 63.8 Å². The maximum Gasteiger partial charge on any atom is 0.222 e. The lowest BCUT2D eigenvalue weighted by atomic mass is 9.99. The quantitative estimate of drug-likeness (QED) is 0.0693. The van der Waals surface area contributed by atoms with Crippen LogP contribution in [0, 0.1) is 12.3 Å². The zero-order chi connectivity index (χ0) is 42.5. The molecule has 2 amide bonds. The molecule has 2 unspecified atom stereocenters. The van der Waals surface area contributed by atoms with Crippen molar-refractivity contribution in [1.82, 2.24) is 25.4 Å². The number of rotatable bonds is 12. The molecule has 7 rings (SSSR count). The zero-order valence-corrected chi connectivity index (χ0v) is 35.3. The second kappa shape index (κ2) is 18.3. The van der Waals surface area contributed by atoms with Gasteiger partial charge in [-0.25, -0.2) is 0 Å². The van der Waals surface area contributed by atoms with E-state index >= 15 is 0 Å². The van der Waals surface area contributed by atoms with Gasteiger partial charge in [-0.1, -0.05) is 47.5 Å². The highest BCUT2D eigenvalue weighted by Gasteiger charge is 2.33. The number of halogens is 2. The minimum Gasteiger partial charge on any atom is -0.497 e. The first kappa shape index (κ1) is 41.8. The molecule has 60 heavy (non-hydrogen) atoms. The smallest absolute Gasteiger partial charge is 0.222 e. The van der Waals surface area contributed by atoms with Gasteiger partial charge in [0.15, 0.2) is 5.82 Å². The normalized spacial score (nSPS) is 16.0. The van der Waals surface area contributed by atoms with Crippen molar-refractivity contribution in [3.8, 4) is 17.2 Å². The van der Waals surface area contributed by atoms with E-state index in [0.717, 1.165) is 27.9 Å². The minimum atomic E-state index is -0.857. The van der Waals surface area contributed by atoms with Gasteiger partial charge in [-0.05, 0) is 81.4 Å². The molecule has 4 aromatic carbocycles. The summed E-state index contributed by atoms with van der Waals surface area (Å²) in [7, 11) is 3.25. The topological polar surface area (TPSA) is 172 Å². The summed E-state index contributed by atoms with van der Waals surface area (Å²) in [5.41, 5.74) is 5.74. The molecule has 14 nitrogen and oxygen atoms in total. The molecule has 1 aromatic heterocycles. The Labute approximate surface area is 357 Å². The molecule has 308 valence electrons. The first-order valence-corrected chi connectivity index (χ1v) is 20.2. The molecule has 2 aliphatic heterocycles. The predicted molar refractivity (Wildman–Crippen MR) is 235 cm³/mol. The van der Waals surface area contributed by atoms with Crippen LogP contribution in [0.15, 0.2) is 99.9 Å². The number of carbonyl (C=O) groups excluding carboxylic acids is 2. The van der Waals surface area contributed by atoms with Crippen LogP contribution in [-0.2, 0) is 9.59 Å². The van der Waals surface area contributed by atoms with Crippen LogP contribution in [0.5, 0.6) is 11.5 Å². The van der Waals surface area contributed by atoms with E-state index in [0.29, 0.717) is 62.7 Å². The number of benzene rings is 4. The Morgan fingerprint density at radius 3 is 2.00 bits per heavy atom. The Morgan fingerprint density at radius 1 is 0.800 bits per heavy atom. The zero-order valence-electron chi connectivity index (χ0n) is 33.8. The lowest BCUT2D eigenvalue weighted by molar-refractivity contribution is -0.122. The molecule has 5 aromatic rings. The molecule has 0 saturated heterocycles. The van der Waals surface area contributed by atoms with Crippen LogP contribution >= 0.6 is 23.2 Å². The second-order valence-corrected chi connectivity index (χ2v) is 14.9. The summed E-state index contributed by atoms with van der Waals surface area (Å²) < 4.78 is 13.7. The van der Waals surface area contributed by atoms with Gasteiger partial charge in [0.05, 0.1) is 49.3 Å². The molecule has 0 fully saturated rings. The third kappa shape index (κ3) is 8.80. The average molecular weight is 848 g/mol. The van der Waals surface area contributed by atoms with Crippen molar-refractivity contribution in [2.75, 3.05) is 38.8 Å². The summed E-state index contributed by atoms with van der Waals surface area (Å²) >= 11 is 12.5. The van der Waals surface area contributed by atoms with Crippen LogP contribution in [0.3, 0.4) is 0 Å². The molecular formula is C44H44Cl2N10O4. The Morgan fingerprint density at radius 2 is 1.37 bits per heavy atom. The predicted octanol–water partition coefficient (Wildman–Crippen LogP) is 6.95. The minimum absolute atomic E-state index is 0.0830. The Balaban J connectivity index is 1.12. The molecule has 0 spiro atoms. The third-order valence-electron chi connectivity index (χ3n) is 10.1. The molecule has 0 aliphatic carbocycles. The van der Waals surface area contributed by atoms with E-state index in [2.05, 4.69) is 25.8 Å². The van der Waals surface area contributed by atoms with Gasteiger partial charge in [-0.2, -0.15) is 0 Å². The second-order valence-electron chi connectivity index (χ2n) is 14.1. The maximum absolute atomic E-state index is 13.6. The van der Waals surface area contributed by atoms with Crippen molar-refractivity contribution in [2.24, 2.45) is 15.0 Å². The van der Waals surface area contributed by atoms with E-state index in [1.807, 2.05) is 86.0 Å². The van der Waals surface area contributed by atoms with Gasteiger partial charge in [0, 0.05) is 45.9 Å². The van der Waals surface area contributed by atoms with E-state index in [1.54, 1.807) is 43.3 Å². The molecule has 3 N–H and O–H groups in total. The number of amides is 2. The van der Waals surface area contributed by atoms with E-state index in [4.69, 9.17) is 42.7 Å². The molecule has 2 aliphatic rings. The van der Waals surface area contributed by atoms with Gasteiger partial charge < -0.3 is 20.1 Å². The molecular weight excluding hydrogens is 803 g/mol. The summed E-state index contributed by atoms with van der Waals surface area (Å²) in [6, 6.07) is 24.4. The van der Waals surface area contributed by atoms with Gasteiger partial charge in [0.2, 0.25) is 11.8 Å². The first-order chi connectivity index (χ1) is 29.0. The molecule has 0 saturated carbocycles. The number of hydrogen-bond donors (Lipinski definition) is 3. The van der Waals surface area contributed by atoms with Crippen LogP contribution in [0.1, 0.15) is 66.6 Å². The van der Waals surface area contributed by atoms with Gasteiger partial charge in [-0.15, -0.1) is 10.2 Å². The van der Waals surface area contributed by atoms with Gasteiger partial charge in [-0.3, -0.25) is 39.4 Å². The van der Waals surface area contributed by atoms with Gasteiger partial charge in [0.1, 0.15) is 47.7 Å². The first-order valence-electron chi connectivity index (χ1n) is 19.4. The van der Waals surface area contributed by atoms with Gasteiger partial charge >= 0.3 is 0 Å². The van der Waals surface area contributed by atoms with Crippen molar-refractivity contribution in [2.45, 2.75) is 45.7 Å². The number of methoxy groups -OCH3 is 1. The molecule has 2 atom stereocenters. The standard InChI is InChI=1S/C44H44Cl2N10O4/c1-6-49-39(57)24-36-44-54-53-26(3)56(44)38-18-16-32(22-34(38)42(52-36)28-9-13-30(46)14-10-28)60-20-19-50-40(58)23-35-43(47)55(25(2)48-4)37-17-15-31(59-5)21-33(37)41(51-35)27-7-11-29(45)12-8-27/h7-18,21-22,35-36,47H,6,19-20,23-24H2,1-5H3,(H,49,57)(H,50,58). The summed E-state index contributed by atoms with van der Waals surface area (Å²) in [6.45, 7) is 6.36. The van der Waals surface area contributed by atoms with Gasteiger partial charge in [0.25, 0.3) is 0 Å². The van der Waals surface area contributed by atoms with E-state index in [9.17, 15) is 15.0 Å². The Hall–Kier alpha value is -6.38. The highest BCUT2D eigenvalue weighted by atomic mass is 35.5. The number of amidine groups is 2. The summed E-state index contributed by atoms with van der Waals surface area (Å²) in [5.74, 6) is 2.56. The lowest BCUT2D eigenvalue weighted by Gasteiger charge is -2.27. The van der Waals surface area contributed by atoms with E-state index < -0.39 is 12.1 Å². The SMILES string of the molecule is CCNC(=O)CC1N=C(c2ccc(Cl)cc2)c2cc(OCCNC(=O)CC3N=C(c4ccc(Cl)cc4)c4cc(OC)ccc4N(C(C)=NC)C3=N)ccc2-n2c(C)nnc21. The fourth-order valence-corrected chi connectivity index (χ4v) is 7.46.